The Labute approximate surface area is 89.3 Å². The van der Waals surface area contributed by atoms with Crippen LogP contribution in [0.3, 0.4) is 0 Å². The van der Waals surface area contributed by atoms with Gasteiger partial charge in [-0.2, -0.15) is 5.26 Å². The van der Waals surface area contributed by atoms with Gasteiger partial charge in [-0.15, -0.1) is 11.6 Å². The van der Waals surface area contributed by atoms with Crippen LogP contribution in [0.1, 0.15) is 23.2 Å². The largest absolute Gasteiger partial charge is 0.321 e. The van der Waals surface area contributed by atoms with E-state index >= 15 is 0 Å². The van der Waals surface area contributed by atoms with E-state index in [1.54, 1.807) is 6.07 Å². The summed E-state index contributed by atoms with van der Waals surface area (Å²) >= 11 is 5.50. The van der Waals surface area contributed by atoms with E-state index in [1.807, 2.05) is 4.98 Å². The lowest BCUT2D eigenvalue weighted by atomic mass is 10.1. The van der Waals surface area contributed by atoms with Gasteiger partial charge in [-0.25, -0.2) is 8.78 Å². The predicted molar refractivity (Wildman–Crippen MR) is 50.9 cm³/mol. The molecule has 1 rings (SSSR count). The van der Waals surface area contributed by atoms with Gasteiger partial charge in [-0.05, 0) is 11.1 Å². The number of hydrogen-bond donors (Lipinski definition) is 1. The molecule has 0 fully saturated rings. The number of pyridine rings is 1. The molecule has 0 aliphatic heterocycles. The Hall–Kier alpha value is -1.41. The van der Waals surface area contributed by atoms with Crippen molar-refractivity contribution in [1.29, 1.82) is 5.26 Å². The van der Waals surface area contributed by atoms with E-state index in [4.69, 9.17) is 16.9 Å². The van der Waals surface area contributed by atoms with Crippen molar-refractivity contribution in [3.63, 3.8) is 0 Å². The molecule has 1 N–H and O–H groups in total. The van der Waals surface area contributed by atoms with E-state index in [0.29, 0.717) is 0 Å². The van der Waals surface area contributed by atoms with Crippen molar-refractivity contribution in [2.75, 3.05) is 0 Å². The average Bonchev–Trinajstić information content (AvgIpc) is 2.17. The minimum absolute atomic E-state index is 0.105. The van der Waals surface area contributed by atoms with Crippen molar-refractivity contribution in [3.05, 3.63) is 33.2 Å². The van der Waals surface area contributed by atoms with Gasteiger partial charge in [-0.3, -0.25) is 4.79 Å². The molecule has 1 aromatic rings. The van der Waals surface area contributed by atoms with Crippen LogP contribution in [-0.2, 0) is 12.3 Å². The fourth-order valence-corrected chi connectivity index (χ4v) is 1.57. The van der Waals surface area contributed by atoms with E-state index in [0.717, 1.165) is 6.07 Å². The fraction of sp³-hybridized carbons (Fsp3) is 0.333. The highest BCUT2D eigenvalue weighted by molar-refractivity contribution is 6.17. The number of nitrogens with zero attached hydrogens (tertiary/aromatic N) is 1. The molecular formula is C9H7ClF2N2O. The minimum atomic E-state index is -2.80. The number of halogens is 3. The molecule has 0 radical (unpaired) electrons. The van der Waals surface area contributed by atoms with Gasteiger partial charge in [0.1, 0.15) is 0 Å². The van der Waals surface area contributed by atoms with Crippen molar-refractivity contribution in [2.24, 2.45) is 0 Å². The summed E-state index contributed by atoms with van der Waals surface area (Å²) in [6.07, 6.45) is -2.91. The number of nitriles is 1. The molecule has 0 spiro atoms. The molecule has 6 heteroatoms. The molecule has 15 heavy (non-hydrogen) atoms. The normalized spacial score (nSPS) is 10.3. The van der Waals surface area contributed by atoms with Gasteiger partial charge in [0.2, 0.25) is 5.56 Å². The van der Waals surface area contributed by atoms with Crippen molar-refractivity contribution in [2.45, 2.75) is 18.7 Å². The first-order chi connectivity index (χ1) is 7.10. The topological polar surface area (TPSA) is 56.6 Å². The van der Waals surface area contributed by atoms with Crippen LogP contribution in [0.5, 0.6) is 0 Å². The fourth-order valence-electron chi connectivity index (χ4n) is 1.25. The van der Waals surface area contributed by atoms with Crippen molar-refractivity contribution in [3.8, 4) is 6.07 Å². The smallest absolute Gasteiger partial charge is 0.278 e. The molecule has 0 aliphatic carbocycles. The zero-order valence-corrected chi connectivity index (χ0v) is 8.31. The predicted octanol–water partition coefficient (Wildman–Crippen LogP) is 2.12. The van der Waals surface area contributed by atoms with E-state index in [-0.39, 0.29) is 23.4 Å². The van der Waals surface area contributed by atoms with E-state index in [2.05, 4.69) is 0 Å². The second-order valence-corrected chi connectivity index (χ2v) is 3.09. The maximum absolute atomic E-state index is 12.5. The first-order valence-corrected chi connectivity index (χ1v) is 4.59. The van der Waals surface area contributed by atoms with Crippen LogP contribution in [0.15, 0.2) is 10.9 Å². The molecule has 0 atom stereocenters. The molecule has 1 aromatic heterocycles. The number of nitrogens with one attached hydrogen (secondary N) is 1. The number of H-pyrrole nitrogens is 1. The van der Waals surface area contributed by atoms with E-state index in [1.165, 1.54) is 0 Å². The molecule has 0 amide bonds. The van der Waals surface area contributed by atoms with Gasteiger partial charge in [0.05, 0.1) is 18.2 Å². The molecular weight excluding hydrogens is 226 g/mol. The summed E-state index contributed by atoms with van der Waals surface area (Å²) in [5.74, 6) is -0.159. The summed E-state index contributed by atoms with van der Waals surface area (Å²) in [7, 11) is 0. The van der Waals surface area contributed by atoms with Crippen LogP contribution < -0.4 is 5.56 Å². The van der Waals surface area contributed by atoms with Gasteiger partial charge in [-0.1, -0.05) is 0 Å². The quantitative estimate of drug-likeness (QED) is 0.812. The van der Waals surface area contributed by atoms with Crippen LogP contribution in [0.2, 0.25) is 0 Å². The molecule has 0 aliphatic rings. The van der Waals surface area contributed by atoms with Gasteiger partial charge in [0.25, 0.3) is 6.43 Å². The first-order valence-electron chi connectivity index (χ1n) is 4.06. The molecule has 1 heterocycles. The average molecular weight is 233 g/mol. The summed E-state index contributed by atoms with van der Waals surface area (Å²) in [4.78, 5) is 13.0. The van der Waals surface area contributed by atoms with Crippen LogP contribution in [0.4, 0.5) is 8.78 Å². The van der Waals surface area contributed by atoms with Crippen molar-refractivity contribution in [1.82, 2.24) is 4.98 Å². The van der Waals surface area contributed by atoms with E-state index < -0.39 is 17.7 Å². The number of aromatic nitrogens is 1. The Bertz CT molecular complexity index is 450. The molecule has 0 saturated heterocycles. The zero-order chi connectivity index (χ0) is 11.4. The lowest BCUT2D eigenvalue weighted by Crippen LogP contribution is -2.13. The summed E-state index contributed by atoms with van der Waals surface area (Å²) in [5, 5.41) is 8.47. The monoisotopic (exact) mass is 232 g/mol. The number of aromatic amines is 1. The molecule has 3 nitrogen and oxygen atoms in total. The third-order valence-electron chi connectivity index (χ3n) is 1.90. The molecule has 0 unspecified atom stereocenters. The summed E-state index contributed by atoms with van der Waals surface area (Å²) in [5.41, 5.74) is -0.758. The highest BCUT2D eigenvalue weighted by Crippen LogP contribution is 2.23. The molecule has 0 bridgehead atoms. The molecule has 80 valence electrons. The summed E-state index contributed by atoms with van der Waals surface area (Å²) in [6.45, 7) is 0. The maximum atomic E-state index is 12.5. The van der Waals surface area contributed by atoms with Gasteiger partial charge < -0.3 is 4.98 Å². The highest BCUT2D eigenvalue weighted by atomic mass is 35.5. The second kappa shape index (κ2) is 4.89. The van der Waals surface area contributed by atoms with Crippen molar-refractivity contribution >= 4 is 11.6 Å². The van der Waals surface area contributed by atoms with Crippen LogP contribution >= 0.6 is 11.6 Å². The summed E-state index contributed by atoms with van der Waals surface area (Å²) < 4.78 is 25.0. The SMILES string of the molecule is N#CCc1cc(=O)[nH]c(C(F)F)c1CCl. The van der Waals surface area contributed by atoms with Crippen LogP contribution in [-0.4, -0.2) is 4.98 Å². The van der Waals surface area contributed by atoms with Crippen LogP contribution in [0.25, 0.3) is 0 Å². The Morgan fingerprint density at radius 2 is 2.27 bits per heavy atom. The second-order valence-electron chi connectivity index (χ2n) is 2.82. The Morgan fingerprint density at radius 3 is 2.73 bits per heavy atom. The third kappa shape index (κ3) is 2.54. The molecule has 0 aromatic carbocycles. The Balaban J connectivity index is 3.39. The van der Waals surface area contributed by atoms with E-state index in [9.17, 15) is 13.6 Å². The number of rotatable bonds is 3. The lowest BCUT2D eigenvalue weighted by molar-refractivity contribution is 0.144. The maximum Gasteiger partial charge on any atom is 0.278 e. The highest BCUT2D eigenvalue weighted by Gasteiger charge is 2.17. The van der Waals surface area contributed by atoms with Crippen molar-refractivity contribution < 1.29 is 8.78 Å². The Morgan fingerprint density at radius 1 is 1.60 bits per heavy atom. The Kier molecular flexibility index (Phi) is 3.81. The van der Waals surface area contributed by atoms with Crippen LogP contribution in [0, 0.1) is 11.3 Å². The minimum Gasteiger partial charge on any atom is -0.321 e. The summed E-state index contributed by atoms with van der Waals surface area (Å²) in [6, 6.07) is 2.91. The van der Waals surface area contributed by atoms with Gasteiger partial charge in [0.15, 0.2) is 0 Å². The number of hydrogen-bond acceptors (Lipinski definition) is 2. The van der Waals surface area contributed by atoms with Gasteiger partial charge >= 0.3 is 0 Å². The third-order valence-corrected chi connectivity index (χ3v) is 2.16. The standard InChI is InChI=1S/C9H7ClF2N2O/c10-4-6-5(1-2-13)3-7(15)14-8(6)9(11)12/h3,9H,1,4H2,(H,14,15). The zero-order valence-electron chi connectivity index (χ0n) is 7.56. The number of alkyl halides is 3. The molecule has 0 saturated carbocycles. The van der Waals surface area contributed by atoms with Gasteiger partial charge in [0, 0.05) is 11.9 Å². The lowest BCUT2D eigenvalue weighted by Gasteiger charge is -2.09. The first kappa shape index (κ1) is 11.7.